The number of rotatable bonds is 4. The van der Waals surface area contributed by atoms with Crippen LogP contribution in [0.5, 0.6) is 0 Å². The van der Waals surface area contributed by atoms with Gasteiger partial charge in [0.05, 0.1) is 0 Å². The lowest BCUT2D eigenvalue weighted by molar-refractivity contribution is 0.467. The van der Waals surface area contributed by atoms with Crippen LogP contribution < -0.4 is 5.73 Å². The lowest BCUT2D eigenvalue weighted by atomic mass is 10.1. The fourth-order valence-corrected chi connectivity index (χ4v) is 3.09. The molecule has 0 saturated heterocycles. The SMILES string of the molecule is Cc1nnc(CC(N)C2CC2)n1C1CCCC1. The predicted molar refractivity (Wildman–Crippen MR) is 66.7 cm³/mol. The van der Waals surface area contributed by atoms with Gasteiger partial charge in [0, 0.05) is 18.5 Å². The summed E-state index contributed by atoms with van der Waals surface area (Å²) in [4.78, 5) is 0. The summed E-state index contributed by atoms with van der Waals surface area (Å²) in [5, 5.41) is 8.59. The Morgan fingerprint density at radius 1 is 1.24 bits per heavy atom. The molecule has 1 heterocycles. The van der Waals surface area contributed by atoms with E-state index in [0.29, 0.717) is 12.1 Å². The maximum atomic E-state index is 6.21. The van der Waals surface area contributed by atoms with Crippen molar-refractivity contribution in [1.29, 1.82) is 0 Å². The normalized spacial score (nSPS) is 23.2. The highest BCUT2D eigenvalue weighted by Crippen LogP contribution is 2.34. The van der Waals surface area contributed by atoms with Crippen molar-refractivity contribution in [2.24, 2.45) is 11.7 Å². The average molecular weight is 234 g/mol. The van der Waals surface area contributed by atoms with Gasteiger partial charge in [-0.15, -0.1) is 10.2 Å². The molecule has 2 aliphatic carbocycles. The molecule has 3 rings (SSSR count). The van der Waals surface area contributed by atoms with Gasteiger partial charge >= 0.3 is 0 Å². The molecule has 2 saturated carbocycles. The van der Waals surface area contributed by atoms with E-state index in [4.69, 9.17) is 5.73 Å². The van der Waals surface area contributed by atoms with Gasteiger partial charge in [0.25, 0.3) is 0 Å². The van der Waals surface area contributed by atoms with E-state index in [2.05, 4.69) is 21.7 Å². The Hall–Kier alpha value is -0.900. The van der Waals surface area contributed by atoms with E-state index in [1.807, 2.05) is 0 Å². The molecule has 1 atom stereocenters. The summed E-state index contributed by atoms with van der Waals surface area (Å²) in [6, 6.07) is 0.921. The van der Waals surface area contributed by atoms with Crippen LogP contribution >= 0.6 is 0 Å². The first kappa shape index (κ1) is 11.2. The maximum absolute atomic E-state index is 6.21. The summed E-state index contributed by atoms with van der Waals surface area (Å²) >= 11 is 0. The number of aryl methyl sites for hydroxylation is 1. The standard InChI is InChI=1S/C13H22N4/c1-9-15-16-13(8-12(14)10-6-7-10)17(9)11-4-2-3-5-11/h10-12H,2-8,14H2,1H3. The molecular formula is C13H22N4. The molecule has 0 radical (unpaired) electrons. The molecule has 0 aliphatic heterocycles. The number of hydrogen-bond acceptors (Lipinski definition) is 3. The highest BCUT2D eigenvalue weighted by Gasteiger charge is 2.31. The first-order chi connectivity index (χ1) is 8.25. The Labute approximate surface area is 103 Å². The largest absolute Gasteiger partial charge is 0.327 e. The van der Waals surface area contributed by atoms with Gasteiger partial charge in [-0.25, -0.2) is 0 Å². The third kappa shape index (κ3) is 2.23. The summed E-state index contributed by atoms with van der Waals surface area (Å²) in [6.07, 6.45) is 8.76. The Morgan fingerprint density at radius 2 is 1.94 bits per heavy atom. The zero-order valence-electron chi connectivity index (χ0n) is 10.6. The first-order valence-electron chi connectivity index (χ1n) is 6.91. The minimum Gasteiger partial charge on any atom is -0.327 e. The Kier molecular flexibility index (Phi) is 2.90. The second-order valence-corrected chi connectivity index (χ2v) is 5.68. The smallest absolute Gasteiger partial charge is 0.134 e. The molecule has 1 aromatic rings. The van der Waals surface area contributed by atoms with E-state index in [0.717, 1.165) is 24.0 Å². The molecule has 0 amide bonds. The molecule has 0 spiro atoms. The molecule has 94 valence electrons. The molecule has 2 aliphatic rings. The average Bonchev–Trinajstić information content (AvgIpc) is 2.93. The van der Waals surface area contributed by atoms with Gasteiger partial charge in [-0.05, 0) is 38.5 Å². The fraction of sp³-hybridized carbons (Fsp3) is 0.846. The van der Waals surface area contributed by atoms with Crippen LogP contribution in [0.3, 0.4) is 0 Å². The highest BCUT2D eigenvalue weighted by atomic mass is 15.3. The molecule has 4 nitrogen and oxygen atoms in total. The lowest BCUT2D eigenvalue weighted by Crippen LogP contribution is -2.27. The Balaban J connectivity index is 1.78. The third-order valence-corrected chi connectivity index (χ3v) is 4.27. The zero-order valence-corrected chi connectivity index (χ0v) is 10.6. The molecule has 17 heavy (non-hydrogen) atoms. The third-order valence-electron chi connectivity index (χ3n) is 4.27. The first-order valence-corrected chi connectivity index (χ1v) is 6.91. The van der Waals surface area contributed by atoms with Gasteiger partial charge < -0.3 is 10.3 Å². The number of aromatic nitrogens is 3. The second-order valence-electron chi connectivity index (χ2n) is 5.68. The van der Waals surface area contributed by atoms with Crippen LogP contribution in [0.25, 0.3) is 0 Å². The van der Waals surface area contributed by atoms with Crippen LogP contribution in [0.2, 0.25) is 0 Å². The maximum Gasteiger partial charge on any atom is 0.134 e. The van der Waals surface area contributed by atoms with Gasteiger partial charge in [0.1, 0.15) is 11.6 Å². The zero-order chi connectivity index (χ0) is 11.8. The minimum absolute atomic E-state index is 0.291. The summed E-state index contributed by atoms with van der Waals surface area (Å²) in [7, 11) is 0. The molecule has 2 N–H and O–H groups in total. The Morgan fingerprint density at radius 3 is 2.59 bits per heavy atom. The summed E-state index contributed by atoms with van der Waals surface area (Å²) in [6.45, 7) is 2.07. The van der Waals surface area contributed by atoms with E-state index in [1.165, 1.54) is 38.5 Å². The van der Waals surface area contributed by atoms with Crippen molar-refractivity contribution in [3.05, 3.63) is 11.6 Å². The van der Waals surface area contributed by atoms with Gasteiger partial charge in [0.15, 0.2) is 0 Å². The molecule has 0 bridgehead atoms. The number of hydrogen-bond donors (Lipinski definition) is 1. The number of nitrogens with two attached hydrogens (primary N) is 1. The van der Waals surface area contributed by atoms with Gasteiger partial charge in [-0.1, -0.05) is 12.8 Å². The van der Waals surface area contributed by atoms with E-state index in [-0.39, 0.29) is 0 Å². The van der Waals surface area contributed by atoms with Crippen LogP contribution in [-0.4, -0.2) is 20.8 Å². The minimum atomic E-state index is 0.291. The topological polar surface area (TPSA) is 56.7 Å². The summed E-state index contributed by atoms with van der Waals surface area (Å²) in [5.41, 5.74) is 6.21. The van der Waals surface area contributed by atoms with E-state index < -0.39 is 0 Å². The van der Waals surface area contributed by atoms with Gasteiger partial charge in [-0.3, -0.25) is 0 Å². The van der Waals surface area contributed by atoms with E-state index in [1.54, 1.807) is 0 Å². The van der Waals surface area contributed by atoms with Crippen LogP contribution in [0.4, 0.5) is 0 Å². The fourth-order valence-electron chi connectivity index (χ4n) is 3.09. The highest BCUT2D eigenvalue weighted by molar-refractivity contribution is 5.02. The van der Waals surface area contributed by atoms with Crippen molar-refractivity contribution in [2.75, 3.05) is 0 Å². The van der Waals surface area contributed by atoms with Crippen LogP contribution in [0.15, 0.2) is 0 Å². The molecule has 1 unspecified atom stereocenters. The van der Waals surface area contributed by atoms with E-state index in [9.17, 15) is 0 Å². The van der Waals surface area contributed by atoms with Crippen molar-refractivity contribution >= 4 is 0 Å². The molecule has 2 fully saturated rings. The van der Waals surface area contributed by atoms with Crippen molar-refractivity contribution in [3.63, 3.8) is 0 Å². The van der Waals surface area contributed by atoms with Crippen LogP contribution in [-0.2, 0) is 6.42 Å². The summed E-state index contributed by atoms with van der Waals surface area (Å²) in [5.74, 6) is 2.92. The summed E-state index contributed by atoms with van der Waals surface area (Å²) < 4.78 is 2.36. The number of nitrogens with zero attached hydrogens (tertiary/aromatic N) is 3. The van der Waals surface area contributed by atoms with Crippen molar-refractivity contribution < 1.29 is 0 Å². The monoisotopic (exact) mass is 234 g/mol. The quantitative estimate of drug-likeness (QED) is 0.866. The van der Waals surface area contributed by atoms with Crippen LogP contribution in [0.1, 0.15) is 56.2 Å². The van der Waals surface area contributed by atoms with Gasteiger partial charge in [0.2, 0.25) is 0 Å². The van der Waals surface area contributed by atoms with Crippen molar-refractivity contribution in [1.82, 2.24) is 14.8 Å². The van der Waals surface area contributed by atoms with E-state index >= 15 is 0 Å². The second kappa shape index (κ2) is 4.41. The molecule has 4 heteroatoms. The van der Waals surface area contributed by atoms with Gasteiger partial charge in [-0.2, -0.15) is 0 Å². The lowest BCUT2D eigenvalue weighted by Gasteiger charge is -2.17. The Bertz CT molecular complexity index is 388. The molecule has 0 aromatic carbocycles. The molecular weight excluding hydrogens is 212 g/mol. The molecule has 1 aromatic heterocycles. The van der Waals surface area contributed by atoms with Crippen molar-refractivity contribution in [3.8, 4) is 0 Å². The predicted octanol–water partition coefficient (Wildman–Crippen LogP) is 1.98. The van der Waals surface area contributed by atoms with Crippen LogP contribution in [0, 0.1) is 12.8 Å². The van der Waals surface area contributed by atoms with Crippen molar-refractivity contribution in [2.45, 2.75) is 64.0 Å².